The van der Waals surface area contributed by atoms with Crippen molar-refractivity contribution in [2.45, 2.75) is 4.34 Å². The van der Waals surface area contributed by atoms with Crippen molar-refractivity contribution in [3.63, 3.8) is 0 Å². The summed E-state index contributed by atoms with van der Waals surface area (Å²) >= 11 is 0.840. The number of nitrogen functional groups attached to an aromatic ring is 1. The minimum absolute atomic E-state index is 0.107. The first-order valence-corrected chi connectivity index (χ1v) is 8.83. The highest BCUT2D eigenvalue weighted by Gasteiger charge is 2.31. The van der Waals surface area contributed by atoms with Crippen LogP contribution in [0.25, 0.3) is 0 Å². The van der Waals surface area contributed by atoms with E-state index in [1.54, 1.807) is 18.2 Å². The molecule has 0 unspecified atom stereocenters. The summed E-state index contributed by atoms with van der Waals surface area (Å²) in [5, 5.41) is 7.24. The van der Waals surface area contributed by atoms with Gasteiger partial charge in [0.1, 0.15) is 5.82 Å². The van der Waals surface area contributed by atoms with Crippen LogP contribution in [0.5, 0.6) is 0 Å². The normalized spacial score (nSPS) is 16.9. The average Bonchev–Trinajstić information content (AvgIpc) is 2.95. The third kappa shape index (κ3) is 2.76. The predicted octanol–water partition coefficient (Wildman–Crippen LogP) is 0.770. The first-order chi connectivity index (χ1) is 10.5. The van der Waals surface area contributed by atoms with Crippen molar-refractivity contribution < 1.29 is 12.8 Å². The maximum absolute atomic E-state index is 13.8. The number of hydrogen-bond donors (Lipinski definition) is 1. The molecule has 3 rings (SSSR count). The van der Waals surface area contributed by atoms with Crippen LogP contribution < -0.4 is 10.6 Å². The Labute approximate surface area is 131 Å². The number of hydrogen-bond acceptors (Lipinski definition) is 7. The van der Waals surface area contributed by atoms with Gasteiger partial charge in [0.25, 0.3) is 10.0 Å². The molecule has 10 heteroatoms. The second kappa shape index (κ2) is 5.78. The first-order valence-electron chi connectivity index (χ1n) is 6.57. The number of nitrogens with zero attached hydrogens (tertiary/aromatic N) is 4. The van der Waals surface area contributed by atoms with E-state index in [0.29, 0.717) is 18.8 Å². The standard InChI is InChI=1S/C12H14FN5O2S2/c13-9-3-1-2-4-10(9)17-5-7-18(8-6-17)22(19,20)12-16-15-11(14)21-12/h1-4H,5-8H2,(H2,14,15). The van der Waals surface area contributed by atoms with E-state index in [-0.39, 0.29) is 28.4 Å². The van der Waals surface area contributed by atoms with Crippen LogP contribution in [0.3, 0.4) is 0 Å². The number of nitrogens with two attached hydrogens (primary N) is 1. The Balaban J connectivity index is 1.73. The number of aromatic nitrogens is 2. The van der Waals surface area contributed by atoms with Gasteiger partial charge in [0.05, 0.1) is 5.69 Å². The molecule has 118 valence electrons. The van der Waals surface area contributed by atoms with E-state index in [1.807, 2.05) is 4.90 Å². The highest BCUT2D eigenvalue weighted by Crippen LogP contribution is 2.25. The molecule has 2 N–H and O–H groups in total. The zero-order valence-corrected chi connectivity index (χ0v) is 13.1. The summed E-state index contributed by atoms with van der Waals surface area (Å²) < 4.78 is 39.8. The topological polar surface area (TPSA) is 92.4 Å². The van der Waals surface area contributed by atoms with Crippen molar-refractivity contribution in [1.82, 2.24) is 14.5 Å². The molecule has 0 amide bonds. The van der Waals surface area contributed by atoms with E-state index in [2.05, 4.69) is 10.2 Å². The highest BCUT2D eigenvalue weighted by molar-refractivity contribution is 7.91. The van der Waals surface area contributed by atoms with Gasteiger partial charge in [-0.05, 0) is 12.1 Å². The van der Waals surface area contributed by atoms with Gasteiger partial charge < -0.3 is 10.6 Å². The molecule has 1 fully saturated rings. The summed E-state index contributed by atoms with van der Waals surface area (Å²) in [6.07, 6.45) is 0. The summed E-state index contributed by atoms with van der Waals surface area (Å²) in [6.45, 7) is 1.34. The van der Waals surface area contributed by atoms with E-state index in [1.165, 1.54) is 10.4 Å². The fraction of sp³-hybridized carbons (Fsp3) is 0.333. The molecule has 2 heterocycles. The molecule has 1 aromatic heterocycles. The summed E-state index contributed by atoms with van der Waals surface area (Å²) in [6, 6.07) is 6.46. The Bertz CT molecular complexity index is 771. The van der Waals surface area contributed by atoms with Crippen LogP contribution in [0.4, 0.5) is 15.2 Å². The minimum Gasteiger partial charge on any atom is -0.374 e. The number of halogens is 1. The molecule has 0 bridgehead atoms. The number of rotatable bonds is 3. The number of para-hydroxylation sites is 1. The van der Waals surface area contributed by atoms with Gasteiger partial charge in [-0.2, -0.15) is 4.31 Å². The fourth-order valence-corrected chi connectivity index (χ4v) is 4.66. The van der Waals surface area contributed by atoms with Crippen LogP contribution >= 0.6 is 11.3 Å². The Morgan fingerprint density at radius 1 is 1.14 bits per heavy atom. The van der Waals surface area contributed by atoms with Crippen molar-refractivity contribution >= 4 is 32.2 Å². The SMILES string of the molecule is Nc1nnc(S(=O)(=O)N2CCN(c3ccccc3F)CC2)s1. The molecule has 0 spiro atoms. The molecule has 0 atom stereocenters. The number of piperazine rings is 1. The van der Waals surface area contributed by atoms with E-state index in [9.17, 15) is 12.8 Å². The second-order valence-corrected chi connectivity index (χ2v) is 7.87. The molecule has 22 heavy (non-hydrogen) atoms. The third-order valence-electron chi connectivity index (χ3n) is 3.41. The largest absolute Gasteiger partial charge is 0.374 e. The van der Waals surface area contributed by atoms with Crippen molar-refractivity contribution in [2.24, 2.45) is 0 Å². The van der Waals surface area contributed by atoms with Gasteiger partial charge in [0.15, 0.2) is 0 Å². The molecular formula is C12H14FN5O2S2. The number of sulfonamides is 1. The van der Waals surface area contributed by atoms with Crippen LogP contribution in [0.2, 0.25) is 0 Å². The molecule has 1 aromatic carbocycles. The van der Waals surface area contributed by atoms with Crippen molar-refractivity contribution in [3.8, 4) is 0 Å². The quantitative estimate of drug-likeness (QED) is 0.885. The summed E-state index contributed by atoms with van der Waals surface area (Å²) in [4.78, 5) is 1.83. The molecule has 0 aliphatic carbocycles. The second-order valence-electron chi connectivity index (χ2n) is 4.75. The summed E-state index contributed by atoms with van der Waals surface area (Å²) in [5.41, 5.74) is 5.92. The first kappa shape index (κ1) is 15.1. The lowest BCUT2D eigenvalue weighted by atomic mass is 10.2. The van der Waals surface area contributed by atoms with Crippen molar-refractivity contribution in [2.75, 3.05) is 36.8 Å². The molecule has 0 radical (unpaired) electrons. The number of anilines is 2. The lowest BCUT2D eigenvalue weighted by Crippen LogP contribution is -2.48. The smallest absolute Gasteiger partial charge is 0.272 e. The monoisotopic (exact) mass is 343 g/mol. The van der Waals surface area contributed by atoms with Gasteiger partial charge in [-0.15, -0.1) is 10.2 Å². The van der Waals surface area contributed by atoms with Crippen molar-refractivity contribution in [1.29, 1.82) is 0 Å². The van der Waals surface area contributed by atoms with E-state index < -0.39 is 10.0 Å². The van der Waals surface area contributed by atoms with Crippen LogP contribution in [-0.4, -0.2) is 49.1 Å². The highest BCUT2D eigenvalue weighted by atomic mass is 32.2. The number of benzene rings is 1. The molecule has 7 nitrogen and oxygen atoms in total. The Morgan fingerprint density at radius 3 is 2.41 bits per heavy atom. The Morgan fingerprint density at radius 2 is 1.82 bits per heavy atom. The molecular weight excluding hydrogens is 329 g/mol. The minimum atomic E-state index is -3.68. The van der Waals surface area contributed by atoms with Gasteiger partial charge in [-0.3, -0.25) is 0 Å². The van der Waals surface area contributed by atoms with Crippen LogP contribution in [0, 0.1) is 5.82 Å². The molecule has 1 aliphatic heterocycles. The molecule has 1 saturated heterocycles. The van der Waals surface area contributed by atoms with Gasteiger partial charge >= 0.3 is 0 Å². The van der Waals surface area contributed by atoms with Gasteiger partial charge in [0.2, 0.25) is 9.47 Å². The summed E-state index contributed by atoms with van der Waals surface area (Å²) in [7, 11) is -3.68. The van der Waals surface area contributed by atoms with Crippen molar-refractivity contribution in [3.05, 3.63) is 30.1 Å². The predicted molar refractivity (Wildman–Crippen MR) is 81.7 cm³/mol. The Kier molecular flexibility index (Phi) is 3.98. The lowest BCUT2D eigenvalue weighted by Gasteiger charge is -2.34. The van der Waals surface area contributed by atoms with E-state index in [0.717, 1.165) is 11.3 Å². The van der Waals surface area contributed by atoms with Crippen LogP contribution in [-0.2, 0) is 10.0 Å². The average molecular weight is 343 g/mol. The summed E-state index contributed by atoms with van der Waals surface area (Å²) in [5.74, 6) is -0.310. The van der Waals surface area contributed by atoms with Crippen LogP contribution in [0.1, 0.15) is 0 Å². The molecule has 2 aromatic rings. The lowest BCUT2D eigenvalue weighted by molar-refractivity contribution is 0.382. The third-order valence-corrected chi connectivity index (χ3v) is 6.41. The van der Waals surface area contributed by atoms with Gasteiger partial charge in [-0.1, -0.05) is 23.5 Å². The van der Waals surface area contributed by atoms with E-state index >= 15 is 0 Å². The van der Waals surface area contributed by atoms with Gasteiger partial charge in [-0.25, -0.2) is 12.8 Å². The maximum atomic E-state index is 13.8. The zero-order valence-electron chi connectivity index (χ0n) is 11.5. The Hall–Kier alpha value is -1.78. The maximum Gasteiger partial charge on any atom is 0.272 e. The van der Waals surface area contributed by atoms with Gasteiger partial charge in [0, 0.05) is 26.2 Å². The zero-order chi connectivity index (χ0) is 15.7. The fourth-order valence-electron chi connectivity index (χ4n) is 2.31. The molecule has 1 aliphatic rings. The van der Waals surface area contributed by atoms with Crippen LogP contribution in [0.15, 0.2) is 28.6 Å². The van der Waals surface area contributed by atoms with E-state index in [4.69, 9.17) is 5.73 Å². The molecule has 0 saturated carbocycles.